The van der Waals surface area contributed by atoms with E-state index in [1.54, 1.807) is 6.07 Å². The number of amides is 1. The van der Waals surface area contributed by atoms with Gasteiger partial charge in [-0.2, -0.15) is 0 Å². The molecule has 1 aliphatic rings. The maximum atomic E-state index is 11.8. The minimum Gasteiger partial charge on any atom is -0.368 e. The van der Waals surface area contributed by atoms with E-state index in [4.69, 9.17) is 4.74 Å². The van der Waals surface area contributed by atoms with Gasteiger partial charge in [0, 0.05) is 10.5 Å². The van der Waals surface area contributed by atoms with Crippen LogP contribution in [0.15, 0.2) is 22.7 Å². The molecule has 1 aromatic rings. The first-order valence-electron chi connectivity index (χ1n) is 6.62. The molecular weight excluding hydrogens is 342 g/mol. The summed E-state index contributed by atoms with van der Waals surface area (Å²) in [5.74, 6) is -0.390. The van der Waals surface area contributed by atoms with Crippen LogP contribution in [0.2, 0.25) is 0 Å². The predicted octanol–water partition coefficient (Wildman–Crippen LogP) is 2.06. The van der Waals surface area contributed by atoms with E-state index >= 15 is 0 Å². The van der Waals surface area contributed by atoms with Gasteiger partial charge in [0.15, 0.2) is 0 Å². The highest BCUT2D eigenvalue weighted by Gasteiger charge is 2.18. The molecule has 0 spiro atoms. The number of rotatable bonds is 5. The number of halogens is 1. The summed E-state index contributed by atoms with van der Waals surface area (Å²) in [6.07, 6.45) is 1.80. The molecule has 1 aromatic carbocycles. The minimum absolute atomic E-state index is 0.0666. The number of piperidine rings is 1. The van der Waals surface area contributed by atoms with Gasteiger partial charge in [-0.1, -0.05) is 15.9 Å². The summed E-state index contributed by atoms with van der Waals surface area (Å²) in [6.45, 7) is 1.66. The number of anilines is 1. The van der Waals surface area contributed by atoms with E-state index in [1.807, 2.05) is 0 Å². The van der Waals surface area contributed by atoms with Crippen LogP contribution in [0.1, 0.15) is 12.8 Å². The Kier molecular flexibility index (Phi) is 5.66. The molecular formula is C13H16BrN3O4. The number of carbonyl (C=O) groups excluding carboxylic acids is 1. The molecule has 1 saturated heterocycles. The molecule has 0 unspecified atom stereocenters. The predicted molar refractivity (Wildman–Crippen MR) is 81.3 cm³/mol. The van der Waals surface area contributed by atoms with Crippen LogP contribution in [0.5, 0.6) is 0 Å². The Morgan fingerprint density at radius 2 is 2.19 bits per heavy atom. The lowest BCUT2D eigenvalue weighted by molar-refractivity contribution is -0.384. The molecule has 114 valence electrons. The van der Waals surface area contributed by atoms with Crippen LogP contribution in [0.3, 0.4) is 0 Å². The third-order valence-corrected chi connectivity index (χ3v) is 3.66. The molecule has 8 heteroatoms. The van der Waals surface area contributed by atoms with Gasteiger partial charge in [-0.15, -0.1) is 0 Å². The number of nitrogens with zero attached hydrogens (tertiary/aromatic N) is 1. The molecule has 2 rings (SSSR count). The van der Waals surface area contributed by atoms with Crippen LogP contribution < -0.4 is 10.6 Å². The van der Waals surface area contributed by atoms with E-state index in [1.165, 1.54) is 12.1 Å². The lowest BCUT2D eigenvalue weighted by Crippen LogP contribution is -2.34. The zero-order valence-corrected chi connectivity index (χ0v) is 12.9. The molecule has 7 nitrogen and oxygen atoms in total. The van der Waals surface area contributed by atoms with E-state index < -0.39 is 4.92 Å². The number of hydrogen-bond acceptors (Lipinski definition) is 5. The highest BCUT2D eigenvalue weighted by molar-refractivity contribution is 9.10. The first-order valence-corrected chi connectivity index (χ1v) is 7.41. The van der Waals surface area contributed by atoms with Crippen molar-refractivity contribution >= 4 is 33.2 Å². The number of nitro benzene ring substituents is 1. The highest BCUT2D eigenvalue weighted by atomic mass is 79.9. The molecule has 1 amide bonds. The van der Waals surface area contributed by atoms with Gasteiger partial charge in [-0.05, 0) is 38.1 Å². The van der Waals surface area contributed by atoms with Crippen molar-refractivity contribution in [1.82, 2.24) is 5.32 Å². The van der Waals surface area contributed by atoms with Crippen LogP contribution in [0.4, 0.5) is 11.4 Å². The fraction of sp³-hybridized carbons (Fsp3) is 0.462. The molecule has 1 fully saturated rings. The van der Waals surface area contributed by atoms with E-state index in [0.29, 0.717) is 4.47 Å². The number of carbonyl (C=O) groups is 1. The van der Waals surface area contributed by atoms with Crippen molar-refractivity contribution in [3.63, 3.8) is 0 Å². The molecule has 0 bridgehead atoms. The molecule has 1 aliphatic heterocycles. The van der Waals surface area contributed by atoms with Crippen LogP contribution in [0, 0.1) is 10.1 Å². The number of ether oxygens (including phenoxy) is 1. The van der Waals surface area contributed by atoms with Gasteiger partial charge in [-0.3, -0.25) is 14.9 Å². The standard InChI is InChI=1S/C13H16BrN3O4/c14-9-1-2-11(12(7-9)17(19)20)16-13(18)8-21-10-3-5-15-6-4-10/h1-2,7,10,15H,3-6,8H2,(H,16,18). The van der Waals surface area contributed by atoms with Crippen molar-refractivity contribution in [1.29, 1.82) is 0 Å². The van der Waals surface area contributed by atoms with Gasteiger partial charge in [0.25, 0.3) is 11.6 Å². The molecule has 0 aliphatic carbocycles. The third kappa shape index (κ3) is 4.76. The Hall–Kier alpha value is -1.51. The zero-order chi connectivity index (χ0) is 15.2. The topological polar surface area (TPSA) is 93.5 Å². The largest absolute Gasteiger partial charge is 0.368 e. The average molecular weight is 358 g/mol. The fourth-order valence-corrected chi connectivity index (χ4v) is 2.45. The molecule has 1 heterocycles. The van der Waals surface area contributed by atoms with Gasteiger partial charge in [0.1, 0.15) is 12.3 Å². The van der Waals surface area contributed by atoms with Crippen molar-refractivity contribution in [2.45, 2.75) is 18.9 Å². The summed E-state index contributed by atoms with van der Waals surface area (Å²) in [5, 5.41) is 16.7. The first kappa shape index (κ1) is 15.9. The Bertz CT molecular complexity index is 532. The van der Waals surface area contributed by atoms with Crippen molar-refractivity contribution in [2.24, 2.45) is 0 Å². The Morgan fingerprint density at radius 1 is 1.48 bits per heavy atom. The first-order chi connectivity index (χ1) is 10.1. The van der Waals surface area contributed by atoms with E-state index in [-0.39, 0.29) is 30.0 Å². The molecule has 21 heavy (non-hydrogen) atoms. The summed E-state index contributed by atoms with van der Waals surface area (Å²) in [6, 6.07) is 4.48. The second kappa shape index (κ2) is 7.48. The summed E-state index contributed by atoms with van der Waals surface area (Å²) in [4.78, 5) is 22.3. The number of hydrogen-bond donors (Lipinski definition) is 2. The highest BCUT2D eigenvalue weighted by Crippen LogP contribution is 2.27. The maximum absolute atomic E-state index is 11.8. The average Bonchev–Trinajstić information content (AvgIpc) is 2.48. The molecule has 0 saturated carbocycles. The van der Waals surface area contributed by atoms with Gasteiger partial charge >= 0.3 is 0 Å². The fourth-order valence-electron chi connectivity index (χ4n) is 2.10. The SMILES string of the molecule is O=C(COC1CCNCC1)Nc1ccc(Br)cc1[N+](=O)[O-]. The van der Waals surface area contributed by atoms with Crippen molar-refractivity contribution in [2.75, 3.05) is 25.0 Å². The Balaban J connectivity index is 1.91. The summed E-state index contributed by atoms with van der Waals surface area (Å²) >= 11 is 3.17. The number of nitro groups is 1. The number of nitrogens with one attached hydrogen (secondary N) is 2. The number of benzene rings is 1. The van der Waals surface area contributed by atoms with Crippen LogP contribution in [0.25, 0.3) is 0 Å². The molecule has 0 aromatic heterocycles. The van der Waals surface area contributed by atoms with Crippen molar-refractivity contribution < 1.29 is 14.5 Å². The molecule has 0 radical (unpaired) electrons. The Labute approximate surface area is 130 Å². The monoisotopic (exact) mass is 357 g/mol. The van der Waals surface area contributed by atoms with Gasteiger partial charge in [0.2, 0.25) is 0 Å². The maximum Gasteiger partial charge on any atom is 0.293 e. The lowest BCUT2D eigenvalue weighted by atomic mass is 10.1. The minimum atomic E-state index is -0.534. The van der Waals surface area contributed by atoms with E-state index in [2.05, 4.69) is 26.6 Å². The van der Waals surface area contributed by atoms with Crippen LogP contribution in [-0.2, 0) is 9.53 Å². The van der Waals surface area contributed by atoms with Gasteiger partial charge in [-0.25, -0.2) is 0 Å². The lowest BCUT2D eigenvalue weighted by Gasteiger charge is -2.22. The van der Waals surface area contributed by atoms with Gasteiger partial charge < -0.3 is 15.4 Å². The summed E-state index contributed by atoms with van der Waals surface area (Å²) in [7, 11) is 0. The molecule has 2 N–H and O–H groups in total. The Morgan fingerprint density at radius 3 is 2.86 bits per heavy atom. The smallest absolute Gasteiger partial charge is 0.293 e. The van der Waals surface area contributed by atoms with Crippen LogP contribution >= 0.6 is 15.9 Å². The molecule has 0 atom stereocenters. The second-order valence-electron chi connectivity index (χ2n) is 4.73. The second-order valence-corrected chi connectivity index (χ2v) is 5.64. The summed E-state index contributed by atoms with van der Waals surface area (Å²) < 4.78 is 6.09. The van der Waals surface area contributed by atoms with Crippen molar-refractivity contribution in [3.8, 4) is 0 Å². The van der Waals surface area contributed by atoms with Gasteiger partial charge in [0.05, 0.1) is 11.0 Å². The summed E-state index contributed by atoms with van der Waals surface area (Å²) in [5.41, 5.74) is 0.0155. The van der Waals surface area contributed by atoms with E-state index in [0.717, 1.165) is 25.9 Å². The quantitative estimate of drug-likeness (QED) is 0.621. The zero-order valence-electron chi connectivity index (χ0n) is 11.3. The normalized spacial score (nSPS) is 15.7. The van der Waals surface area contributed by atoms with E-state index in [9.17, 15) is 14.9 Å². The van der Waals surface area contributed by atoms with Crippen LogP contribution in [-0.4, -0.2) is 36.6 Å². The van der Waals surface area contributed by atoms with Crippen molar-refractivity contribution in [3.05, 3.63) is 32.8 Å². The third-order valence-electron chi connectivity index (χ3n) is 3.17.